The third kappa shape index (κ3) is 3.27. The number of nitrogens with zero attached hydrogens (tertiary/aromatic N) is 2. The first-order chi connectivity index (χ1) is 9.90. The first kappa shape index (κ1) is 15.2. The van der Waals surface area contributed by atoms with E-state index in [2.05, 4.69) is 26.3 Å². The van der Waals surface area contributed by atoms with Crippen LogP contribution >= 0.6 is 15.9 Å². The molecule has 1 heterocycles. The Bertz CT molecular complexity index is 702. The molecule has 0 aliphatic carbocycles. The van der Waals surface area contributed by atoms with Gasteiger partial charge in [0.2, 0.25) is 0 Å². The number of aromatic nitrogens is 2. The van der Waals surface area contributed by atoms with Gasteiger partial charge in [0.1, 0.15) is 5.82 Å². The zero-order chi connectivity index (χ0) is 15.6. The molecule has 1 unspecified atom stereocenters. The Morgan fingerprint density at radius 3 is 2.76 bits per heavy atom. The van der Waals surface area contributed by atoms with E-state index in [1.807, 2.05) is 0 Å². The third-order valence-electron chi connectivity index (χ3n) is 2.78. The number of hydrogen-bond donors (Lipinski definition) is 2. The van der Waals surface area contributed by atoms with Crippen molar-refractivity contribution in [2.24, 2.45) is 7.05 Å². The predicted molar refractivity (Wildman–Crippen MR) is 75.2 cm³/mol. The van der Waals surface area contributed by atoms with Crippen LogP contribution < -0.4 is 5.32 Å². The quantitative estimate of drug-likeness (QED) is 0.876. The molecule has 8 heteroatoms. The second-order valence-corrected chi connectivity index (χ2v) is 5.09. The Morgan fingerprint density at radius 2 is 2.19 bits per heavy atom. The highest BCUT2D eigenvalue weighted by atomic mass is 79.9. The average Bonchev–Trinajstić information content (AvgIpc) is 2.84. The fraction of sp³-hybridized carbons (Fsp3) is 0.154. The molecule has 0 fully saturated rings. The van der Waals surface area contributed by atoms with Crippen molar-refractivity contribution in [3.05, 3.63) is 52.0 Å². The normalized spacial score (nSPS) is 12.0. The van der Waals surface area contributed by atoms with Crippen molar-refractivity contribution in [3.8, 4) is 0 Å². The molecule has 6 nitrogen and oxygen atoms in total. The summed E-state index contributed by atoms with van der Waals surface area (Å²) in [7, 11) is 1.63. The summed E-state index contributed by atoms with van der Waals surface area (Å²) in [6.07, 6.45) is 2.83. The van der Waals surface area contributed by atoms with Crippen LogP contribution in [0, 0.1) is 5.82 Å². The minimum atomic E-state index is -1.26. The number of carbonyl (C=O) groups is 2. The van der Waals surface area contributed by atoms with Gasteiger partial charge in [-0.25, -0.2) is 9.18 Å². The van der Waals surface area contributed by atoms with E-state index in [9.17, 15) is 19.1 Å². The molecular formula is C13H11BrFN3O3. The summed E-state index contributed by atoms with van der Waals surface area (Å²) < 4.78 is 14.8. The Kier molecular flexibility index (Phi) is 4.37. The van der Waals surface area contributed by atoms with Gasteiger partial charge in [0.25, 0.3) is 5.91 Å². The van der Waals surface area contributed by atoms with Crippen molar-refractivity contribution in [3.63, 3.8) is 0 Å². The van der Waals surface area contributed by atoms with Gasteiger partial charge in [-0.05, 0) is 28.1 Å². The lowest BCUT2D eigenvalue weighted by atomic mass is 10.1. The molecule has 1 atom stereocenters. The number of rotatable bonds is 4. The van der Waals surface area contributed by atoms with Gasteiger partial charge in [-0.3, -0.25) is 9.48 Å². The molecule has 1 aromatic carbocycles. The molecule has 0 saturated heterocycles. The highest BCUT2D eigenvalue weighted by molar-refractivity contribution is 9.10. The number of carbonyl (C=O) groups excluding carboxylic acids is 1. The molecule has 1 aromatic heterocycles. The van der Waals surface area contributed by atoms with E-state index in [4.69, 9.17) is 0 Å². The van der Waals surface area contributed by atoms with Gasteiger partial charge in [0, 0.05) is 18.8 Å². The number of hydrogen-bond acceptors (Lipinski definition) is 3. The van der Waals surface area contributed by atoms with Gasteiger partial charge >= 0.3 is 5.97 Å². The molecule has 1 amide bonds. The summed E-state index contributed by atoms with van der Waals surface area (Å²) in [4.78, 5) is 23.4. The van der Waals surface area contributed by atoms with Crippen LogP contribution in [0.25, 0.3) is 0 Å². The number of aryl methyl sites for hydroxylation is 1. The Morgan fingerprint density at radius 1 is 1.48 bits per heavy atom. The molecule has 0 radical (unpaired) electrons. The first-order valence-electron chi connectivity index (χ1n) is 5.86. The fourth-order valence-corrected chi connectivity index (χ4v) is 2.21. The molecule has 2 rings (SSSR count). The molecule has 110 valence electrons. The largest absolute Gasteiger partial charge is 0.479 e. The van der Waals surface area contributed by atoms with Gasteiger partial charge < -0.3 is 10.4 Å². The molecular weight excluding hydrogens is 345 g/mol. The Hall–Kier alpha value is -2.22. The minimum Gasteiger partial charge on any atom is -0.479 e. The maximum atomic E-state index is 13.4. The van der Waals surface area contributed by atoms with Crippen LogP contribution in [0.3, 0.4) is 0 Å². The Labute approximate surface area is 127 Å². The molecule has 0 aliphatic heterocycles. The predicted octanol–water partition coefficient (Wildman–Crippen LogP) is 1.88. The van der Waals surface area contributed by atoms with Crippen molar-refractivity contribution in [1.82, 2.24) is 15.1 Å². The van der Waals surface area contributed by atoms with Crippen molar-refractivity contribution >= 4 is 27.8 Å². The van der Waals surface area contributed by atoms with Crippen LogP contribution in [0.15, 0.2) is 35.1 Å². The van der Waals surface area contributed by atoms with Crippen LogP contribution in [0.1, 0.15) is 22.0 Å². The monoisotopic (exact) mass is 355 g/mol. The molecule has 0 aliphatic rings. The molecule has 2 N–H and O–H groups in total. The van der Waals surface area contributed by atoms with Gasteiger partial charge in [-0.1, -0.05) is 6.07 Å². The molecule has 0 saturated carbocycles. The summed E-state index contributed by atoms with van der Waals surface area (Å²) in [6.45, 7) is 0. The van der Waals surface area contributed by atoms with Crippen molar-refractivity contribution in [1.29, 1.82) is 0 Å². The van der Waals surface area contributed by atoms with E-state index in [0.717, 1.165) is 0 Å². The van der Waals surface area contributed by atoms with E-state index in [-0.39, 0.29) is 10.0 Å². The zero-order valence-electron chi connectivity index (χ0n) is 10.9. The zero-order valence-corrected chi connectivity index (χ0v) is 12.5. The number of amides is 1. The molecule has 0 spiro atoms. The standard InChI is InChI=1S/C13H11BrFN3O3/c1-18-6-7(5-16-18)11(13(20)21)17-12(19)8-3-2-4-9(15)10(8)14/h2-6,11H,1H3,(H,17,19)(H,20,21). The van der Waals surface area contributed by atoms with E-state index >= 15 is 0 Å². The van der Waals surface area contributed by atoms with Crippen molar-refractivity contribution in [2.45, 2.75) is 6.04 Å². The smallest absolute Gasteiger partial charge is 0.331 e. The molecule has 2 aromatic rings. The average molecular weight is 356 g/mol. The number of benzene rings is 1. The van der Waals surface area contributed by atoms with Crippen LogP contribution in [-0.4, -0.2) is 26.8 Å². The third-order valence-corrected chi connectivity index (χ3v) is 3.58. The lowest BCUT2D eigenvalue weighted by molar-refractivity contribution is -0.139. The van der Waals surface area contributed by atoms with Crippen molar-refractivity contribution < 1.29 is 19.1 Å². The topological polar surface area (TPSA) is 84.2 Å². The highest BCUT2D eigenvalue weighted by Gasteiger charge is 2.25. The van der Waals surface area contributed by atoms with Crippen LogP contribution in [0.5, 0.6) is 0 Å². The van der Waals surface area contributed by atoms with Gasteiger partial charge in [0.05, 0.1) is 16.2 Å². The SMILES string of the molecule is Cn1cc(C(NC(=O)c2cccc(F)c2Br)C(=O)O)cn1. The first-order valence-corrected chi connectivity index (χ1v) is 6.65. The summed E-state index contributed by atoms with van der Waals surface area (Å²) in [5.41, 5.74) is 0.344. The second-order valence-electron chi connectivity index (χ2n) is 4.29. The lowest BCUT2D eigenvalue weighted by Gasteiger charge is -2.13. The molecule has 0 bridgehead atoms. The second kappa shape index (κ2) is 6.04. The minimum absolute atomic E-state index is 0.0159. The Balaban J connectivity index is 2.27. The van der Waals surface area contributed by atoms with E-state index in [0.29, 0.717) is 5.56 Å². The van der Waals surface area contributed by atoms with Crippen molar-refractivity contribution in [2.75, 3.05) is 0 Å². The molecule has 21 heavy (non-hydrogen) atoms. The number of nitrogens with one attached hydrogen (secondary N) is 1. The summed E-state index contributed by atoms with van der Waals surface area (Å²) >= 11 is 2.97. The maximum absolute atomic E-state index is 13.4. The lowest BCUT2D eigenvalue weighted by Crippen LogP contribution is -2.33. The number of aliphatic carboxylic acids is 1. The summed E-state index contributed by atoms with van der Waals surface area (Å²) in [6, 6.07) is 2.69. The van der Waals surface area contributed by atoms with E-state index in [1.165, 1.54) is 35.3 Å². The van der Waals surface area contributed by atoms with Crippen LogP contribution in [0.2, 0.25) is 0 Å². The number of halogens is 2. The number of carboxylic acid groups (broad SMARTS) is 1. The number of carboxylic acids is 1. The van der Waals surface area contributed by atoms with Crippen LogP contribution in [-0.2, 0) is 11.8 Å². The van der Waals surface area contributed by atoms with Gasteiger partial charge in [0.15, 0.2) is 6.04 Å². The van der Waals surface area contributed by atoms with Crippen LogP contribution in [0.4, 0.5) is 4.39 Å². The fourth-order valence-electron chi connectivity index (χ4n) is 1.76. The van der Waals surface area contributed by atoms with Gasteiger partial charge in [-0.15, -0.1) is 0 Å². The summed E-state index contributed by atoms with van der Waals surface area (Å²) in [5, 5.41) is 15.4. The highest BCUT2D eigenvalue weighted by Crippen LogP contribution is 2.21. The van der Waals surface area contributed by atoms with Gasteiger partial charge in [-0.2, -0.15) is 5.10 Å². The maximum Gasteiger partial charge on any atom is 0.331 e. The van der Waals surface area contributed by atoms with E-state index < -0.39 is 23.7 Å². The summed E-state index contributed by atoms with van der Waals surface area (Å²) in [5.74, 6) is -2.53. The van der Waals surface area contributed by atoms with E-state index in [1.54, 1.807) is 7.05 Å².